The van der Waals surface area contributed by atoms with Crippen molar-refractivity contribution in [2.24, 2.45) is 0 Å². The third-order valence-corrected chi connectivity index (χ3v) is 15.5. The van der Waals surface area contributed by atoms with Gasteiger partial charge in [0.25, 0.3) is 0 Å². The molecule has 0 spiro atoms. The van der Waals surface area contributed by atoms with Crippen LogP contribution < -0.4 is 15.7 Å². The van der Waals surface area contributed by atoms with Crippen molar-refractivity contribution >= 4 is 111 Å². The third-order valence-electron chi connectivity index (χ3n) is 15.5. The number of hydrogen-bond acceptors (Lipinski definition) is 2. The number of anilines is 2. The summed E-state index contributed by atoms with van der Waals surface area (Å²) in [5.41, 5.74) is 21.6. The summed E-state index contributed by atoms with van der Waals surface area (Å²) in [6.07, 6.45) is 0. The predicted molar refractivity (Wildman–Crippen MR) is 285 cm³/mol. The van der Waals surface area contributed by atoms with E-state index in [1.165, 1.54) is 110 Å². The average molecular weight is 860 g/mol. The molecule has 0 atom stereocenters. The van der Waals surface area contributed by atoms with Gasteiger partial charge in [-0.1, -0.05) is 151 Å². The van der Waals surface area contributed by atoms with E-state index in [9.17, 15) is 0 Å². The molecule has 0 saturated carbocycles. The minimum Gasteiger partial charge on any atom is -0.454 e. The van der Waals surface area contributed by atoms with E-state index in [4.69, 9.17) is 4.42 Å². The molecule has 13 aromatic rings. The Hall–Kier alpha value is -7.76. The summed E-state index contributed by atoms with van der Waals surface area (Å²) in [5, 5.41) is 9.99. The van der Waals surface area contributed by atoms with E-state index in [1.807, 2.05) is 0 Å². The van der Waals surface area contributed by atoms with Gasteiger partial charge >= 0.3 is 6.85 Å². The predicted octanol–water partition coefficient (Wildman–Crippen LogP) is 15.3. The number of benzene rings is 9. The molecule has 2 aliphatic rings. The minimum absolute atomic E-state index is 0.0181. The molecule has 0 unspecified atom stereocenters. The molecule has 0 bridgehead atoms. The molecule has 0 radical (unpaired) electrons. The Bertz CT molecular complexity index is 4290. The minimum atomic E-state index is -0.176. The Labute approximate surface area is 388 Å². The molecule has 0 fully saturated rings. The van der Waals surface area contributed by atoms with E-state index in [0.29, 0.717) is 0 Å². The van der Waals surface area contributed by atoms with Gasteiger partial charge in [-0.25, -0.2) is 0 Å². The molecule has 4 aromatic heterocycles. The number of furan rings is 1. The van der Waals surface area contributed by atoms with Gasteiger partial charge in [0.2, 0.25) is 0 Å². The summed E-state index contributed by atoms with van der Waals surface area (Å²) in [5.74, 6) is 0. The first-order valence-corrected chi connectivity index (χ1v) is 23.8. The molecule has 0 amide bonds. The van der Waals surface area contributed by atoms with Crippen LogP contribution in [0.2, 0.25) is 0 Å². The Morgan fingerprint density at radius 1 is 0.448 bits per heavy atom. The second-order valence-corrected chi connectivity index (χ2v) is 21.3. The lowest BCUT2D eigenvalue weighted by Gasteiger charge is -2.42. The topological polar surface area (TPSA) is 25.7 Å². The number of aromatic nitrogens is 2. The van der Waals surface area contributed by atoms with Gasteiger partial charge in [-0.05, 0) is 110 Å². The smallest absolute Gasteiger partial charge is 0.333 e. The zero-order chi connectivity index (χ0) is 44.8. The zero-order valence-corrected chi connectivity index (χ0v) is 38.5. The molecule has 9 aromatic carbocycles. The summed E-state index contributed by atoms with van der Waals surface area (Å²) >= 11 is 0. The lowest BCUT2D eigenvalue weighted by molar-refractivity contribution is 0.590. The summed E-state index contributed by atoms with van der Waals surface area (Å²) in [6.45, 7) is 13.9. The summed E-state index contributed by atoms with van der Waals surface area (Å²) in [7, 11) is 0. The van der Waals surface area contributed by atoms with Crippen molar-refractivity contribution in [2.45, 2.75) is 52.4 Å². The highest BCUT2D eigenvalue weighted by Gasteiger charge is 2.46. The van der Waals surface area contributed by atoms with E-state index in [0.717, 1.165) is 33.3 Å². The average Bonchev–Trinajstić information content (AvgIpc) is 4.08. The zero-order valence-electron chi connectivity index (χ0n) is 38.5. The van der Waals surface area contributed by atoms with Crippen LogP contribution in [0.15, 0.2) is 174 Å². The van der Waals surface area contributed by atoms with Crippen LogP contribution in [0.1, 0.15) is 52.7 Å². The summed E-state index contributed by atoms with van der Waals surface area (Å²) in [4.78, 5) is 2.68. The van der Waals surface area contributed by atoms with E-state index < -0.39 is 0 Å². The normalized spacial score (nSPS) is 13.8. The lowest BCUT2D eigenvalue weighted by Crippen LogP contribution is -2.60. The Morgan fingerprint density at radius 3 is 1.90 bits per heavy atom. The van der Waals surface area contributed by atoms with Crippen molar-refractivity contribution in [2.75, 3.05) is 4.81 Å². The fourth-order valence-electron chi connectivity index (χ4n) is 12.3. The second-order valence-electron chi connectivity index (χ2n) is 21.3. The maximum absolute atomic E-state index is 7.18. The molecule has 2 aliphatic heterocycles. The molecule has 4 nitrogen and oxygen atoms in total. The van der Waals surface area contributed by atoms with Gasteiger partial charge in [0, 0.05) is 60.0 Å². The van der Waals surface area contributed by atoms with Crippen LogP contribution in [-0.4, -0.2) is 15.8 Å². The standard InChI is InChI=1S/C62H46BN3O/c1-61(2,3)37-25-28-52-44(29-37)48-30-38(62(4,5)6)31-50-58(48)65(52)59-56-47(33-49-41-18-11-13-22-55(41)67-60(49)59)46-32-45-43-20-14-19-42-40-17-10-12-21-51(40)64(57(42)43)53(45)34-54(46)66(63(50)56)39-26-23-36(24-27-39)35-15-8-7-9-16-35/h7-34H,1-6H3. The fraction of sp³-hybridized carbons (Fsp3) is 0.129. The molecule has 0 N–H and O–H groups in total. The molecule has 5 heteroatoms. The van der Waals surface area contributed by atoms with Crippen LogP contribution in [0.4, 0.5) is 11.4 Å². The Balaban J connectivity index is 1.15. The van der Waals surface area contributed by atoms with Crippen molar-refractivity contribution in [1.82, 2.24) is 8.97 Å². The van der Waals surface area contributed by atoms with Gasteiger partial charge in [-0.3, -0.25) is 0 Å². The Morgan fingerprint density at radius 2 is 1.10 bits per heavy atom. The highest BCUT2D eigenvalue weighted by molar-refractivity contribution is 6.94. The molecule has 0 saturated heterocycles. The van der Waals surface area contributed by atoms with Gasteiger partial charge in [0.1, 0.15) is 5.58 Å². The molecule has 67 heavy (non-hydrogen) atoms. The highest BCUT2D eigenvalue weighted by Crippen LogP contribution is 2.51. The van der Waals surface area contributed by atoms with Crippen molar-refractivity contribution in [3.63, 3.8) is 0 Å². The van der Waals surface area contributed by atoms with Crippen molar-refractivity contribution in [1.29, 1.82) is 0 Å². The first-order chi connectivity index (χ1) is 32.5. The number of hydrogen-bond donors (Lipinski definition) is 0. The lowest BCUT2D eigenvalue weighted by atomic mass is 9.43. The molecule has 6 heterocycles. The molecule has 318 valence electrons. The summed E-state index contributed by atoms with van der Waals surface area (Å²) < 4.78 is 12.3. The van der Waals surface area contributed by atoms with E-state index in [2.05, 4.69) is 225 Å². The number of nitrogens with zero attached hydrogens (tertiary/aromatic N) is 3. The van der Waals surface area contributed by atoms with Crippen LogP contribution >= 0.6 is 0 Å². The number of para-hydroxylation sites is 3. The first-order valence-electron chi connectivity index (χ1n) is 23.8. The molecular weight excluding hydrogens is 814 g/mol. The van der Waals surface area contributed by atoms with Crippen molar-refractivity contribution in [3.05, 3.63) is 181 Å². The van der Waals surface area contributed by atoms with Gasteiger partial charge in [-0.2, -0.15) is 0 Å². The maximum atomic E-state index is 7.18. The second kappa shape index (κ2) is 12.6. The van der Waals surface area contributed by atoms with Crippen molar-refractivity contribution in [3.8, 4) is 27.9 Å². The first kappa shape index (κ1) is 37.5. The monoisotopic (exact) mass is 859 g/mol. The van der Waals surface area contributed by atoms with Crippen LogP contribution in [0, 0.1) is 0 Å². The largest absolute Gasteiger partial charge is 0.454 e. The molecule has 15 rings (SSSR count). The van der Waals surface area contributed by atoms with Crippen LogP contribution in [0.25, 0.3) is 110 Å². The van der Waals surface area contributed by atoms with Gasteiger partial charge in [-0.15, -0.1) is 0 Å². The molecular formula is C62H46BN3O. The molecule has 0 aliphatic carbocycles. The fourth-order valence-corrected chi connectivity index (χ4v) is 12.3. The Kier molecular flexibility index (Phi) is 7.03. The van der Waals surface area contributed by atoms with E-state index >= 15 is 0 Å². The van der Waals surface area contributed by atoms with Crippen LogP contribution in [-0.2, 0) is 10.8 Å². The van der Waals surface area contributed by atoms with Gasteiger partial charge in [0.05, 0.1) is 33.3 Å². The summed E-state index contributed by atoms with van der Waals surface area (Å²) in [6, 6.07) is 64.2. The van der Waals surface area contributed by atoms with E-state index in [1.54, 1.807) is 0 Å². The van der Waals surface area contributed by atoms with Crippen LogP contribution in [0.3, 0.4) is 0 Å². The van der Waals surface area contributed by atoms with Gasteiger partial charge in [0.15, 0.2) is 5.58 Å². The number of rotatable bonds is 2. The highest BCUT2D eigenvalue weighted by atomic mass is 16.3. The quantitative estimate of drug-likeness (QED) is 0.162. The van der Waals surface area contributed by atoms with E-state index in [-0.39, 0.29) is 17.7 Å². The maximum Gasteiger partial charge on any atom is 0.333 e. The van der Waals surface area contributed by atoms with Gasteiger partial charge < -0.3 is 18.2 Å². The third kappa shape index (κ3) is 4.83. The van der Waals surface area contributed by atoms with Crippen LogP contribution in [0.5, 0.6) is 0 Å². The number of fused-ring (bicyclic) bond motifs is 17. The SMILES string of the molecule is CC(C)(C)c1ccc2c(c1)c1cc(C(C)(C)C)cc3c1n2-c1c2c(cc4c1oc1ccccc14)-c1cc4c5cccc6c7ccccc7n(c4cc1N(c1ccc(-c4ccccc4)cc1)B23)c65. The van der Waals surface area contributed by atoms with Crippen molar-refractivity contribution < 1.29 is 4.42 Å².